The molecule has 0 saturated heterocycles. The van der Waals surface area contributed by atoms with Crippen LogP contribution in [-0.2, 0) is 12.8 Å². The van der Waals surface area contributed by atoms with Gasteiger partial charge in [0, 0.05) is 15.1 Å². The summed E-state index contributed by atoms with van der Waals surface area (Å²) in [6.07, 6.45) is 1.76. The second-order valence-corrected chi connectivity index (χ2v) is 11.4. The Morgan fingerprint density at radius 2 is 2.14 bits per heavy atom. The topological polar surface area (TPSA) is 30.7 Å². The van der Waals surface area contributed by atoms with Crippen LogP contribution in [0.15, 0.2) is 6.33 Å². The van der Waals surface area contributed by atoms with Crippen LogP contribution in [-0.4, -0.2) is 28.6 Å². The molecule has 0 atom stereocenters. The van der Waals surface area contributed by atoms with Crippen molar-refractivity contribution in [3.63, 3.8) is 0 Å². The molecule has 0 spiro atoms. The lowest BCUT2D eigenvalue weighted by atomic mass is 10.7. The molecular weight excluding hydrogens is 210 g/mol. The number of hydrogen-bond acceptors (Lipinski definition) is 3. The number of hydrogen-bond donors (Lipinski definition) is 0. The van der Waals surface area contributed by atoms with Gasteiger partial charge in [-0.3, -0.25) is 0 Å². The van der Waals surface area contributed by atoms with Gasteiger partial charge in [-0.2, -0.15) is 11.8 Å². The summed E-state index contributed by atoms with van der Waals surface area (Å²) in [6, 6.07) is 1.38. The Morgan fingerprint density at radius 1 is 1.43 bits per heavy atom. The molecule has 0 bridgehead atoms. The molecule has 0 fully saturated rings. The van der Waals surface area contributed by atoms with Crippen LogP contribution in [0.1, 0.15) is 5.82 Å². The highest BCUT2D eigenvalue weighted by Crippen LogP contribution is 2.16. The summed E-state index contributed by atoms with van der Waals surface area (Å²) in [4.78, 5) is 0. The molecule has 0 aliphatic rings. The van der Waals surface area contributed by atoms with Crippen molar-refractivity contribution < 1.29 is 0 Å². The van der Waals surface area contributed by atoms with Gasteiger partial charge in [-0.1, -0.05) is 19.6 Å². The van der Waals surface area contributed by atoms with E-state index in [9.17, 15) is 0 Å². The van der Waals surface area contributed by atoms with Crippen molar-refractivity contribution in [2.75, 3.05) is 5.75 Å². The Morgan fingerprint density at radius 3 is 2.64 bits per heavy atom. The number of nitrogens with zero attached hydrogens (tertiary/aromatic N) is 3. The van der Waals surface area contributed by atoms with Crippen molar-refractivity contribution in [2.24, 2.45) is 7.05 Å². The van der Waals surface area contributed by atoms with E-state index in [1.807, 2.05) is 23.4 Å². The van der Waals surface area contributed by atoms with Gasteiger partial charge in [0.15, 0.2) is 0 Å². The highest BCUT2D eigenvalue weighted by molar-refractivity contribution is 7.98. The highest BCUT2D eigenvalue weighted by Gasteiger charge is 2.12. The van der Waals surface area contributed by atoms with Gasteiger partial charge in [0.05, 0.1) is 5.75 Å². The van der Waals surface area contributed by atoms with Crippen LogP contribution in [0.5, 0.6) is 0 Å². The van der Waals surface area contributed by atoms with E-state index < -0.39 is 8.07 Å². The van der Waals surface area contributed by atoms with E-state index in [1.54, 1.807) is 6.33 Å². The molecule has 14 heavy (non-hydrogen) atoms. The smallest absolute Gasteiger partial charge is 0.142 e. The van der Waals surface area contributed by atoms with E-state index in [-0.39, 0.29) is 0 Å². The summed E-state index contributed by atoms with van der Waals surface area (Å²) in [5.74, 6) is 3.31. The zero-order chi connectivity index (χ0) is 10.6. The summed E-state index contributed by atoms with van der Waals surface area (Å²) in [7, 11) is 1.14. The maximum absolute atomic E-state index is 4.05. The van der Waals surface area contributed by atoms with E-state index >= 15 is 0 Å². The van der Waals surface area contributed by atoms with Crippen molar-refractivity contribution in [1.82, 2.24) is 14.8 Å². The Bertz CT molecular complexity index is 280. The van der Waals surface area contributed by atoms with E-state index in [4.69, 9.17) is 0 Å². The minimum absolute atomic E-state index is 0.857. The van der Waals surface area contributed by atoms with E-state index in [2.05, 4.69) is 29.8 Å². The number of rotatable bonds is 5. The molecule has 1 aromatic heterocycles. The molecule has 0 aromatic carbocycles. The molecule has 0 radical (unpaired) electrons. The second kappa shape index (κ2) is 4.98. The van der Waals surface area contributed by atoms with Crippen LogP contribution in [0.2, 0.25) is 25.7 Å². The predicted octanol–water partition coefficient (Wildman–Crippen LogP) is 2.39. The fraction of sp³-hybridized carbons (Fsp3) is 0.778. The monoisotopic (exact) mass is 229 g/mol. The van der Waals surface area contributed by atoms with Gasteiger partial charge in [-0.15, -0.1) is 10.2 Å². The van der Waals surface area contributed by atoms with Crippen LogP contribution in [0.4, 0.5) is 0 Å². The third-order valence-electron chi connectivity index (χ3n) is 2.03. The predicted molar refractivity (Wildman–Crippen MR) is 65.3 cm³/mol. The first-order valence-corrected chi connectivity index (χ1v) is 9.76. The van der Waals surface area contributed by atoms with Gasteiger partial charge in [0.2, 0.25) is 0 Å². The van der Waals surface area contributed by atoms with E-state index in [1.165, 1.54) is 11.8 Å². The van der Waals surface area contributed by atoms with Gasteiger partial charge in [-0.25, -0.2) is 0 Å². The quantitative estimate of drug-likeness (QED) is 0.574. The lowest BCUT2D eigenvalue weighted by Crippen LogP contribution is -2.19. The summed E-state index contributed by atoms with van der Waals surface area (Å²) in [6.45, 7) is 7.24. The third-order valence-corrected chi connectivity index (χ3v) is 5.10. The normalized spacial score (nSPS) is 12.0. The maximum atomic E-state index is 4.05. The van der Waals surface area contributed by atoms with Crippen LogP contribution in [0.3, 0.4) is 0 Å². The Balaban J connectivity index is 2.20. The average Bonchev–Trinajstić information content (AvgIpc) is 2.44. The summed E-state index contributed by atoms with van der Waals surface area (Å²) < 4.78 is 1.99. The van der Waals surface area contributed by atoms with Crippen molar-refractivity contribution in [1.29, 1.82) is 0 Å². The summed E-state index contributed by atoms with van der Waals surface area (Å²) >= 11 is 1.96. The maximum Gasteiger partial charge on any atom is 0.142 e. The Hall–Kier alpha value is -0.293. The van der Waals surface area contributed by atoms with Crippen LogP contribution in [0, 0.1) is 0 Å². The number of thioether (sulfide) groups is 1. The Kier molecular flexibility index (Phi) is 4.19. The molecule has 0 aliphatic heterocycles. The minimum Gasteiger partial charge on any atom is -0.320 e. The first-order chi connectivity index (χ1) is 6.49. The summed E-state index contributed by atoms with van der Waals surface area (Å²) in [5, 5.41) is 7.91. The fourth-order valence-corrected chi connectivity index (χ4v) is 4.59. The lowest BCUT2D eigenvalue weighted by Gasteiger charge is -2.14. The fourth-order valence-electron chi connectivity index (χ4n) is 0.980. The molecule has 0 amide bonds. The zero-order valence-corrected chi connectivity index (χ0v) is 11.3. The van der Waals surface area contributed by atoms with Crippen molar-refractivity contribution >= 4 is 19.8 Å². The molecule has 0 saturated carbocycles. The van der Waals surface area contributed by atoms with Gasteiger partial charge < -0.3 is 4.57 Å². The molecule has 1 aromatic rings. The second-order valence-electron chi connectivity index (χ2n) is 4.72. The molecule has 0 aliphatic carbocycles. The average molecular weight is 229 g/mol. The van der Waals surface area contributed by atoms with Crippen molar-refractivity contribution in [3.8, 4) is 0 Å². The SMILES string of the molecule is Cn1cnnc1CSCC[Si](C)(C)C. The lowest BCUT2D eigenvalue weighted by molar-refractivity contribution is 0.849. The summed E-state index contributed by atoms with van der Waals surface area (Å²) in [5.41, 5.74) is 0. The molecular formula is C9H19N3SSi. The number of aryl methyl sites for hydroxylation is 1. The molecule has 0 N–H and O–H groups in total. The molecule has 5 heteroatoms. The molecule has 0 unspecified atom stereocenters. The van der Waals surface area contributed by atoms with E-state index in [0.717, 1.165) is 11.6 Å². The molecule has 1 rings (SSSR count). The van der Waals surface area contributed by atoms with Crippen molar-refractivity contribution in [2.45, 2.75) is 31.4 Å². The van der Waals surface area contributed by atoms with Gasteiger partial charge in [-0.05, 0) is 11.8 Å². The van der Waals surface area contributed by atoms with E-state index in [0.29, 0.717) is 0 Å². The highest BCUT2D eigenvalue weighted by atomic mass is 32.2. The van der Waals surface area contributed by atoms with Gasteiger partial charge in [0.25, 0.3) is 0 Å². The Labute approximate surface area is 91.3 Å². The van der Waals surface area contributed by atoms with Crippen molar-refractivity contribution in [3.05, 3.63) is 12.2 Å². The third kappa shape index (κ3) is 4.28. The standard InChI is InChI=1S/C9H19N3SSi/c1-12-8-10-11-9(12)7-13-5-6-14(2,3)4/h8H,5-7H2,1-4H3. The largest absolute Gasteiger partial charge is 0.320 e. The van der Waals surface area contributed by atoms with Crippen LogP contribution in [0.25, 0.3) is 0 Å². The van der Waals surface area contributed by atoms with Crippen LogP contribution >= 0.6 is 11.8 Å². The van der Waals surface area contributed by atoms with Gasteiger partial charge >= 0.3 is 0 Å². The number of aromatic nitrogens is 3. The first-order valence-electron chi connectivity index (χ1n) is 4.90. The zero-order valence-electron chi connectivity index (χ0n) is 9.45. The minimum atomic E-state index is -0.857. The van der Waals surface area contributed by atoms with Crippen LogP contribution < -0.4 is 0 Å². The molecule has 3 nitrogen and oxygen atoms in total. The molecule has 1 heterocycles. The van der Waals surface area contributed by atoms with Gasteiger partial charge in [0.1, 0.15) is 12.2 Å². The molecule has 80 valence electrons. The first kappa shape index (κ1) is 11.8.